The number of amides is 2. The minimum atomic E-state index is -0.453. The SMILES string of the molecule is CN1CCN(c2ccc3ncc(C(=O)NC4CCC(C(=O)Nc5ccc(F)cc5Cl)CC4)n3n2)CC1. The summed E-state index contributed by atoms with van der Waals surface area (Å²) in [6.07, 6.45) is 4.18. The number of carbonyl (C=O) groups excluding carboxylic acids is 2. The Morgan fingerprint density at radius 2 is 1.81 bits per heavy atom. The van der Waals surface area contributed by atoms with Crippen molar-refractivity contribution in [1.82, 2.24) is 24.8 Å². The first-order valence-corrected chi connectivity index (χ1v) is 12.6. The third-order valence-corrected chi connectivity index (χ3v) is 7.34. The highest BCUT2D eigenvalue weighted by Gasteiger charge is 2.28. The largest absolute Gasteiger partial charge is 0.353 e. The van der Waals surface area contributed by atoms with Crippen molar-refractivity contribution in [3.8, 4) is 0 Å². The number of nitrogens with zero attached hydrogens (tertiary/aromatic N) is 5. The number of piperazine rings is 1. The van der Waals surface area contributed by atoms with Gasteiger partial charge in [-0.1, -0.05) is 11.6 Å². The Kier molecular flexibility index (Phi) is 7.06. The van der Waals surface area contributed by atoms with Gasteiger partial charge in [0.05, 0.1) is 16.9 Å². The van der Waals surface area contributed by atoms with E-state index in [1.54, 1.807) is 10.7 Å². The number of hydrogen-bond donors (Lipinski definition) is 2. The fraction of sp³-hybridized carbons (Fsp3) is 0.440. The molecule has 5 rings (SSSR count). The molecule has 2 aliphatic rings. The lowest BCUT2D eigenvalue weighted by Crippen LogP contribution is -2.45. The Bertz CT molecular complexity index is 1270. The summed E-state index contributed by atoms with van der Waals surface area (Å²) in [7, 11) is 2.10. The Hall–Kier alpha value is -3.24. The Morgan fingerprint density at radius 1 is 1.06 bits per heavy atom. The number of halogens is 2. The van der Waals surface area contributed by atoms with Gasteiger partial charge in [-0.3, -0.25) is 9.59 Å². The summed E-state index contributed by atoms with van der Waals surface area (Å²) in [6, 6.07) is 7.68. The van der Waals surface area contributed by atoms with E-state index in [4.69, 9.17) is 16.7 Å². The van der Waals surface area contributed by atoms with Crippen LogP contribution in [0.2, 0.25) is 5.02 Å². The van der Waals surface area contributed by atoms with E-state index in [1.807, 2.05) is 12.1 Å². The monoisotopic (exact) mass is 513 g/mol. The zero-order valence-corrected chi connectivity index (χ0v) is 20.8. The smallest absolute Gasteiger partial charge is 0.271 e. The van der Waals surface area contributed by atoms with Crippen LogP contribution in [0.15, 0.2) is 36.5 Å². The van der Waals surface area contributed by atoms with Crippen molar-refractivity contribution in [2.45, 2.75) is 31.7 Å². The lowest BCUT2D eigenvalue weighted by atomic mass is 9.85. The van der Waals surface area contributed by atoms with Crippen molar-refractivity contribution in [3.05, 3.63) is 53.1 Å². The molecule has 0 unspecified atom stereocenters. The van der Waals surface area contributed by atoms with Crippen molar-refractivity contribution in [2.75, 3.05) is 43.4 Å². The maximum Gasteiger partial charge on any atom is 0.271 e. The van der Waals surface area contributed by atoms with Crippen LogP contribution in [0.25, 0.3) is 5.65 Å². The third kappa shape index (κ3) is 5.29. The average molecular weight is 514 g/mol. The summed E-state index contributed by atoms with van der Waals surface area (Å²) in [5.41, 5.74) is 1.42. The van der Waals surface area contributed by atoms with Gasteiger partial charge in [0.15, 0.2) is 11.3 Å². The zero-order chi connectivity index (χ0) is 25.2. The molecule has 2 amide bonds. The molecule has 3 heterocycles. The van der Waals surface area contributed by atoms with E-state index >= 15 is 0 Å². The van der Waals surface area contributed by atoms with Gasteiger partial charge in [-0.2, -0.15) is 0 Å². The third-order valence-electron chi connectivity index (χ3n) is 7.03. The number of imidazole rings is 1. The number of nitrogens with one attached hydrogen (secondary N) is 2. The summed E-state index contributed by atoms with van der Waals surface area (Å²) < 4.78 is 14.9. The van der Waals surface area contributed by atoms with Gasteiger partial charge in [0, 0.05) is 38.1 Å². The molecule has 36 heavy (non-hydrogen) atoms. The molecular weight excluding hydrogens is 485 g/mol. The number of fused-ring (bicyclic) bond motifs is 1. The summed E-state index contributed by atoms with van der Waals surface area (Å²) in [6.45, 7) is 3.70. The molecule has 0 bridgehead atoms. The molecule has 0 spiro atoms. The number of hydrogen-bond acceptors (Lipinski definition) is 6. The van der Waals surface area contributed by atoms with E-state index in [0.717, 1.165) is 32.0 Å². The minimum Gasteiger partial charge on any atom is -0.353 e. The van der Waals surface area contributed by atoms with Crippen LogP contribution in [0.3, 0.4) is 0 Å². The van der Waals surface area contributed by atoms with E-state index in [1.165, 1.54) is 18.2 Å². The van der Waals surface area contributed by atoms with Crippen molar-refractivity contribution in [3.63, 3.8) is 0 Å². The Labute approximate surface area is 213 Å². The van der Waals surface area contributed by atoms with Crippen molar-refractivity contribution >= 4 is 40.6 Å². The first kappa shape index (κ1) is 24.5. The van der Waals surface area contributed by atoms with Crippen molar-refractivity contribution in [2.24, 2.45) is 5.92 Å². The summed E-state index contributed by atoms with van der Waals surface area (Å²) in [5, 5.41) is 10.7. The fourth-order valence-corrected chi connectivity index (χ4v) is 5.02. The van der Waals surface area contributed by atoms with Crippen molar-refractivity contribution < 1.29 is 14.0 Å². The molecular formula is C25H29ClFN7O2. The molecule has 1 saturated heterocycles. The molecule has 190 valence electrons. The predicted molar refractivity (Wildman–Crippen MR) is 136 cm³/mol. The van der Waals surface area contributed by atoms with Crippen LogP contribution in [0.1, 0.15) is 36.2 Å². The molecule has 1 aliphatic carbocycles. The van der Waals surface area contributed by atoms with Gasteiger partial charge < -0.3 is 20.4 Å². The van der Waals surface area contributed by atoms with Gasteiger partial charge in [-0.25, -0.2) is 13.9 Å². The fourth-order valence-electron chi connectivity index (χ4n) is 4.81. The van der Waals surface area contributed by atoms with Crippen LogP contribution in [-0.2, 0) is 4.79 Å². The maximum absolute atomic E-state index is 13.2. The quantitative estimate of drug-likeness (QED) is 0.544. The highest BCUT2D eigenvalue weighted by Crippen LogP contribution is 2.28. The topological polar surface area (TPSA) is 94.9 Å². The average Bonchev–Trinajstić information content (AvgIpc) is 3.30. The van der Waals surface area contributed by atoms with Gasteiger partial charge in [0.2, 0.25) is 5.91 Å². The molecule has 1 aromatic carbocycles. The van der Waals surface area contributed by atoms with E-state index in [-0.39, 0.29) is 28.8 Å². The first-order valence-electron chi connectivity index (χ1n) is 12.2. The van der Waals surface area contributed by atoms with Crippen LogP contribution in [0, 0.1) is 11.7 Å². The predicted octanol–water partition coefficient (Wildman–Crippen LogP) is 3.20. The molecule has 0 radical (unpaired) electrons. The maximum atomic E-state index is 13.2. The van der Waals surface area contributed by atoms with Crippen molar-refractivity contribution in [1.29, 1.82) is 0 Å². The molecule has 2 fully saturated rings. The molecule has 0 atom stereocenters. The number of likely N-dealkylation sites (N-methyl/N-ethyl adjacent to an activating group) is 1. The molecule has 9 nitrogen and oxygen atoms in total. The standard InChI is InChI=1S/C25H29ClFN7O2/c1-32-10-12-33(13-11-32)23-9-8-22-28-15-21(34(22)31-23)25(36)29-18-5-2-16(3-6-18)24(35)30-20-7-4-17(27)14-19(20)26/h4,7-9,14-16,18H,2-3,5-6,10-13H2,1H3,(H,29,36)(H,30,35). The highest BCUT2D eigenvalue weighted by molar-refractivity contribution is 6.33. The first-order chi connectivity index (χ1) is 17.4. The summed E-state index contributed by atoms with van der Waals surface area (Å²) in [4.78, 5) is 34.6. The van der Waals surface area contributed by atoms with Gasteiger partial charge in [-0.05, 0) is 63.1 Å². The number of benzene rings is 1. The second-order valence-corrected chi connectivity index (χ2v) is 9.94. The van der Waals surface area contributed by atoms with E-state index < -0.39 is 5.82 Å². The number of carbonyl (C=O) groups is 2. The van der Waals surface area contributed by atoms with Gasteiger partial charge in [0.25, 0.3) is 5.91 Å². The van der Waals surface area contributed by atoms with E-state index in [2.05, 4.69) is 32.5 Å². The molecule has 2 aromatic heterocycles. The summed E-state index contributed by atoms with van der Waals surface area (Å²) in [5.74, 6) is -0.184. The molecule has 2 N–H and O–H groups in total. The molecule has 3 aromatic rings. The van der Waals surface area contributed by atoms with Gasteiger partial charge in [0.1, 0.15) is 11.6 Å². The lowest BCUT2D eigenvalue weighted by Gasteiger charge is -2.33. The second-order valence-electron chi connectivity index (χ2n) is 9.53. The lowest BCUT2D eigenvalue weighted by molar-refractivity contribution is -0.120. The Balaban J connectivity index is 1.18. The number of aromatic nitrogens is 3. The highest BCUT2D eigenvalue weighted by atomic mass is 35.5. The van der Waals surface area contributed by atoms with Crippen LogP contribution >= 0.6 is 11.6 Å². The van der Waals surface area contributed by atoms with Crippen LogP contribution in [-0.4, -0.2) is 70.6 Å². The Morgan fingerprint density at radius 3 is 2.53 bits per heavy atom. The minimum absolute atomic E-state index is 0.0395. The van der Waals surface area contributed by atoms with Crippen LogP contribution in [0.4, 0.5) is 15.9 Å². The van der Waals surface area contributed by atoms with E-state index in [0.29, 0.717) is 42.7 Å². The van der Waals surface area contributed by atoms with Crippen LogP contribution in [0.5, 0.6) is 0 Å². The zero-order valence-electron chi connectivity index (χ0n) is 20.1. The molecule has 1 aliphatic heterocycles. The molecule has 11 heteroatoms. The van der Waals surface area contributed by atoms with Gasteiger partial charge >= 0.3 is 0 Å². The van der Waals surface area contributed by atoms with Gasteiger partial charge in [-0.15, -0.1) is 5.10 Å². The normalized spacial score (nSPS) is 20.9. The van der Waals surface area contributed by atoms with E-state index in [9.17, 15) is 14.0 Å². The number of anilines is 2. The van der Waals surface area contributed by atoms with Crippen LogP contribution < -0.4 is 15.5 Å². The second kappa shape index (κ2) is 10.4. The molecule has 1 saturated carbocycles. The summed E-state index contributed by atoms with van der Waals surface area (Å²) >= 11 is 6.02. The number of rotatable bonds is 5.